The minimum absolute atomic E-state index is 0.0616. The lowest BCUT2D eigenvalue weighted by atomic mass is 10.2. The van der Waals surface area contributed by atoms with Crippen LogP contribution in [0.5, 0.6) is 0 Å². The minimum atomic E-state index is -0.265. The SMILES string of the molecule is OCc1cn(Cc2ccc(Br)cc2F)c2cc(Cl)ccc12. The average molecular weight is 369 g/mol. The van der Waals surface area contributed by atoms with Crippen molar-refractivity contribution in [3.05, 3.63) is 69.0 Å². The third-order valence-corrected chi connectivity index (χ3v) is 4.18. The Kier molecular flexibility index (Phi) is 4.02. The van der Waals surface area contributed by atoms with Gasteiger partial charge in [0.25, 0.3) is 0 Å². The lowest BCUT2D eigenvalue weighted by Gasteiger charge is -2.07. The molecule has 0 fully saturated rings. The van der Waals surface area contributed by atoms with Crippen LogP contribution >= 0.6 is 27.5 Å². The van der Waals surface area contributed by atoms with E-state index in [1.165, 1.54) is 6.07 Å². The summed E-state index contributed by atoms with van der Waals surface area (Å²) in [4.78, 5) is 0. The van der Waals surface area contributed by atoms with Crippen LogP contribution in [-0.4, -0.2) is 9.67 Å². The molecule has 21 heavy (non-hydrogen) atoms. The normalized spacial score (nSPS) is 11.2. The molecule has 1 N–H and O–H groups in total. The highest BCUT2D eigenvalue weighted by Crippen LogP contribution is 2.26. The first-order valence-corrected chi connectivity index (χ1v) is 7.57. The quantitative estimate of drug-likeness (QED) is 0.710. The average Bonchev–Trinajstić information content (AvgIpc) is 2.79. The molecular formula is C16H12BrClFNO. The zero-order valence-electron chi connectivity index (χ0n) is 11.0. The molecule has 2 nitrogen and oxygen atoms in total. The van der Waals surface area contributed by atoms with E-state index in [-0.39, 0.29) is 12.4 Å². The second kappa shape index (κ2) is 5.79. The van der Waals surface area contributed by atoms with Crippen LogP contribution in [0.25, 0.3) is 10.9 Å². The van der Waals surface area contributed by atoms with Crippen molar-refractivity contribution in [3.8, 4) is 0 Å². The number of nitrogens with zero attached hydrogens (tertiary/aromatic N) is 1. The van der Waals surface area contributed by atoms with Crippen molar-refractivity contribution < 1.29 is 9.50 Å². The second-order valence-corrected chi connectivity index (χ2v) is 6.19. The Bertz CT molecular complexity index is 815. The Morgan fingerprint density at radius 3 is 2.67 bits per heavy atom. The predicted octanol–water partition coefficient (Wildman–Crippen LogP) is 4.74. The lowest BCUT2D eigenvalue weighted by Crippen LogP contribution is -2.00. The van der Waals surface area contributed by atoms with Gasteiger partial charge in [-0.15, -0.1) is 0 Å². The summed E-state index contributed by atoms with van der Waals surface area (Å²) in [6.45, 7) is 0.323. The van der Waals surface area contributed by atoms with Crippen LogP contribution in [0.4, 0.5) is 4.39 Å². The minimum Gasteiger partial charge on any atom is -0.392 e. The van der Waals surface area contributed by atoms with Gasteiger partial charge < -0.3 is 9.67 Å². The van der Waals surface area contributed by atoms with E-state index in [0.717, 1.165) is 16.5 Å². The van der Waals surface area contributed by atoms with Crippen LogP contribution in [-0.2, 0) is 13.2 Å². The number of benzene rings is 2. The van der Waals surface area contributed by atoms with E-state index in [1.807, 2.05) is 29.0 Å². The van der Waals surface area contributed by atoms with Gasteiger partial charge in [0.15, 0.2) is 0 Å². The fourth-order valence-electron chi connectivity index (χ4n) is 2.43. The molecule has 2 aromatic carbocycles. The van der Waals surface area contributed by atoms with Crippen molar-refractivity contribution in [1.82, 2.24) is 4.57 Å². The highest BCUT2D eigenvalue weighted by molar-refractivity contribution is 9.10. The summed E-state index contributed by atoms with van der Waals surface area (Å²) >= 11 is 9.29. The Hall–Kier alpha value is -1.36. The first-order chi connectivity index (χ1) is 10.1. The highest BCUT2D eigenvalue weighted by atomic mass is 79.9. The molecule has 0 aliphatic rings. The molecule has 1 aromatic heterocycles. The third-order valence-electron chi connectivity index (χ3n) is 3.45. The molecule has 0 amide bonds. The van der Waals surface area contributed by atoms with Gasteiger partial charge in [0.2, 0.25) is 0 Å². The smallest absolute Gasteiger partial charge is 0.129 e. The van der Waals surface area contributed by atoms with Crippen LogP contribution in [0.3, 0.4) is 0 Å². The Morgan fingerprint density at radius 2 is 1.95 bits per heavy atom. The van der Waals surface area contributed by atoms with Gasteiger partial charge in [-0.25, -0.2) is 4.39 Å². The number of fused-ring (bicyclic) bond motifs is 1. The van der Waals surface area contributed by atoms with E-state index >= 15 is 0 Å². The first-order valence-electron chi connectivity index (χ1n) is 6.40. The molecular weight excluding hydrogens is 357 g/mol. The molecule has 5 heteroatoms. The van der Waals surface area contributed by atoms with E-state index < -0.39 is 0 Å². The number of hydrogen-bond acceptors (Lipinski definition) is 1. The summed E-state index contributed by atoms with van der Waals surface area (Å²) in [5.74, 6) is -0.265. The van der Waals surface area contributed by atoms with Crippen molar-refractivity contribution in [1.29, 1.82) is 0 Å². The molecule has 0 unspecified atom stereocenters. The summed E-state index contributed by atoms with van der Waals surface area (Å²) in [5, 5.41) is 11.0. The maximum atomic E-state index is 14.0. The number of aliphatic hydroxyl groups excluding tert-OH is 1. The van der Waals surface area contributed by atoms with Gasteiger partial charge in [-0.1, -0.05) is 39.7 Å². The standard InChI is InChI=1S/C16H12BrClFNO/c17-12-2-1-10(15(19)5-12)7-20-8-11(9-21)14-4-3-13(18)6-16(14)20/h1-6,8,21H,7,9H2. The van der Waals surface area contributed by atoms with Crippen molar-refractivity contribution >= 4 is 38.4 Å². The van der Waals surface area contributed by atoms with Gasteiger partial charge in [-0.05, 0) is 24.3 Å². The maximum Gasteiger partial charge on any atom is 0.129 e. The molecule has 1 heterocycles. The molecule has 0 aliphatic heterocycles. The molecule has 108 valence electrons. The van der Waals surface area contributed by atoms with E-state index in [4.69, 9.17) is 11.6 Å². The molecule has 0 saturated heterocycles. The summed E-state index contributed by atoms with van der Waals surface area (Å²) < 4.78 is 16.6. The van der Waals surface area contributed by atoms with E-state index in [1.54, 1.807) is 12.1 Å². The fraction of sp³-hybridized carbons (Fsp3) is 0.125. The lowest BCUT2D eigenvalue weighted by molar-refractivity contribution is 0.283. The van der Waals surface area contributed by atoms with Crippen LogP contribution in [0.1, 0.15) is 11.1 Å². The van der Waals surface area contributed by atoms with E-state index in [9.17, 15) is 9.50 Å². The number of halogens is 3. The van der Waals surface area contributed by atoms with E-state index in [0.29, 0.717) is 21.6 Å². The zero-order valence-corrected chi connectivity index (χ0v) is 13.3. The summed E-state index contributed by atoms with van der Waals surface area (Å²) in [6.07, 6.45) is 1.84. The predicted molar refractivity (Wildman–Crippen MR) is 86.1 cm³/mol. The highest BCUT2D eigenvalue weighted by Gasteiger charge is 2.11. The van der Waals surface area contributed by atoms with Crippen molar-refractivity contribution in [2.45, 2.75) is 13.2 Å². The van der Waals surface area contributed by atoms with Crippen LogP contribution < -0.4 is 0 Å². The van der Waals surface area contributed by atoms with Crippen LogP contribution in [0, 0.1) is 5.82 Å². The fourth-order valence-corrected chi connectivity index (χ4v) is 2.93. The summed E-state index contributed by atoms with van der Waals surface area (Å²) in [7, 11) is 0. The van der Waals surface area contributed by atoms with Gasteiger partial charge in [0.05, 0.1) is 18.7 Å². The molecule has 0 spiro atoms. The Morgan fingerprint density at radius 1 is 1.14 bits per heavy atom. The molecule has 3 aromatic rings. The summed E-state index contributed by atoms with van der Waals surface area (Å²) in [6, 6.07) is 10.5. The number of aromatic nitrogens is 1. The van der Waals surface area contributed by atoms with Crippen LogP contribution in [0.2, 0.25) is 5.02 Å². The zero-order chi connectivity index (χ0) is 15.0. The number of hydrogen-bond donors (Lipinski definition) is 1. The number of rotatable bonds is 3. The molecule has 0 aliphatic carbocycles. The molecule has 0 radical (unpaired) electrons. The Balaban J connectivity index is 2.09. The molecule has 0 saturated carbocycles. The van der Waals surface area contributed by atoms with E-state index in [2.05, 4.69) is 15.9 Å². The van der Waals surface area contributed by atoms with Crippen molar-refractivity contribution in [2.75, 3.05) is 0 Å². The van der Waals surface area contributed by atoms with Gasteiger partial charge in [-0.2, -0.15) is 0 Å². The van der Waals surface area contributed by atoms with Gasteiger partial charge in [-0.3, -0.25) is 0 Å². The maximum absolute atomic E-state index is 14.0. The van der Waals surface area contributed by atoms with Gasteiger partial charge in [0.1, 0.15) is 5.82 Å². The summed E-state index contributed by atoms with van der Waals surface area (Å²) in [5.41, 5.74) is 2.27. The largest absolute Gasteiger partial charge is 0.392 e. The number of aliphatic hydroxyl groups is 1. The monoisotopic (exact) mass is 367 g/mol. The van der Waals surface area contributed by atoms with Crippen molar-refractivity contribution in [2.24, 2.45) is 0 Å². The molecule has 0 bridgehead atoms. The van der Waals surface area contributed by atoms with Gasteiger partial charge in [0, 0.05) is 32.2 Å². The molecule has 0 atom stereocenters. The van der Waals surface area contributed by atoms with Crippen LogP contribution in [0.15, 0.2) is 47.1 Å². The third kappa shape index (κ3) is 2.84. The second-order valence-electron chi connectivity index (χ2n) is 4.84. The Labute approximate surface area is 134 Å². The van der Waals surface area contributed by atoms with Crippen molar-refractivity contribution in [3.63, 3.8) is 0 Å². The molecule has 3 rings (SSSR count). The van der Waals surface area contributed by atoms with Gasteiger partial charge >= 0.3 is 0 Å². The topological polar surface area (TPSA) is 25.2 Å². The first kappa shape index (κ1) is 14.6.